The van der Waals surface area contributed by atoms with Gasteiger partial charge in [0.05, 0.1) is 11.1 Å². The maximum Gasteiger partial charge on any atom is 0.261 e. The average molecular weight is 484 g/mol. The van der Waals surface area contributed by atoms with E-state index in [0.29, 0.717) is 34.9 Å². The topological polar surface area (TPSA) is 103 Å². The highest BCUT2D eigenvalue weighted by atomic mass is 32.1. The van der Waals surface area contributed by atoms with E-state index in [0.717, 1.165) is 16.2 Å². The van der Waals surface area contributed by atoms with Gasteiger partial charge in [0, 0.05) is 4.88 Å². The van der Waals surface area contributed by atoms with Gasteiger partial charge >= 0.3 is 0 Å². The van der Waals surface area contributed by atoms with Crippen LogP contribution in [0, 0.1) is 6.92 Å². The van der Waals surface area contributed by atoms with Crippen molar-refractivity contribution in [1.29, 1.82) is 0 Å². The maximum atomic E-state index is 12.8. The summed E-state index contributed by atoms with van der Waals surface area (Å²) in [5.41, 5.74) is 7.16. The van der Waals surface area contributed by atoms with Crippen LogP contribution < -0.4 is 25.8 Å². The molecule has 2 amide bonds. The van der Waals surface area contributed by atoms with Crippen LogP contribution >= 0.6 is 23.6 Å². The number of hydrogen-bond acceptors (Lipinski definition) is 6. The first kappa shape index (κ1) is 24.2. The third kappa shape index (κ3) is 6.30. The summed E-state index contributed by atoms with van der Waals surface area (Å²) < 4.78 is 11.4. The second-order valence-corrected chi connectivity index (χ2v) is 8.61. The molecule has 0 saturated carbocycles. The highest BCUT2D eigenvalue weighted by Gasteiger charge is 2.21. The lowest BCUT2D eigenvalue weighted by Gasteiger charge is -2.13. The Balaban J connectivity index is 1.61. The van der Waals surface area contributed by atoms with Crippen LogP contribution in [0.4, 0.5) is 5.00 Å². The Morgan fingerprint density at radius 2 is 1.70 bits per heavy atom. The van der Waals surface area contributed by atoms with Crippen LogP contribution in [-0.4, -0.2) is 30.1 Å². The quantitative estimate of drug-likeness (QED) is 0.310. The summed E-state index contributed by atoms with van der Waals surface area (Å²) in [7, 11) is 0. The SMILES string of the molecule is CCc1c(C)sc(NC(=S)NC(=O)c2ccccc2OCCOc2ccccc2)c1C(N)=O. The minimum absolute atomic E-state index is 0.0635. The monoisotopic (exact) mass is 483 g/mol. The van der Waals surface area contributed by atoms with Gasteiger partial charge in [0.25, 0.3) is 11.8 Å². The largest absolute Gasteiger partial charge is 0.490 e. The lowest BCUT2D eigenvalue weighted by molar-refractivity contribution is 0.0970. The Morgan fingerprint density at radius 1 is 1.03 bits per heavy atom. The van der Waals surface area contributed by atoms with Crippen LogP contribution in [-0.2, 0) is 6.42 Å². The van der Waals surface area contributed by atoms with Gasteiger partial charge in [-0.2, -0.15) is 0 Å². The van der Waals surface area contributed by atoms with E-state index in [1.54, 1.807) is 24.3 Å². The van der Waals surface area contributed by atoms with Crippen molar-refractivity contribution in [3.8, 4) is 11.5 Å². The van der Waals surface area contributed by atoms with E-state index in [9.17, 15) is 9.59 Å². The van der Waals surface area contributed by atoms with Gasteiger partial charge < -0.3 is 20.5 Å². The Morgan fingerprint density at radius 3 is 2.39 bits per heavy atom. The van der Waals surface area contributed by atoms with E-state index in [2.05, 4.69) is 10.6 Å². The average Bonchev–Trinajstić information content (AvgIpc) is 3.12. The number of aryl methyl sites for hydroxylation is 1. The second-order valence-electron chi connectivity index (χ2n) is 6.97. The maximum absolute atomic E-state index is 12.8. The molecular formula is C24H25N3O4S2. The number of thiocarbonyl (C=S) groups is 1. The second kappa shape index (κ2) is 11.4. The molecular weight excluding hydrogens is 458 g/mol. The fraction of sp³-hybridized carbons (Fsp3) is 0.208. The number of thiophene rings is 1. The van der Waals surface area contributed by atoms with Gasteiger partial charge in [-0.1, -0.05) is 37.3 Å². The van der Waals surface area contributed by atoms with E-state index in [1.807, 2.05) is 44.2 Å². The molecule has 3 aromatic rings. The van der Waals surface area contributed by atoms with Crippen LogP contribution in [0.5, 0.6) is 11.5 Å². The number of carbonyl (C=O) groups excluding carboxylic acids is 2. The molecule has 0 atom stereocenters. The number of nitrogens with one attached hydrogen (secondary N) is 2. The molecule has 0 aliphatic heterocycles. The molecule has 33 heavy (non-hydrogen) atoms. The van der Waals surface area contributed by atoms with Gasteiger partial charge in [0.1, 0.15) is 29.7 Å². The van der Waals surface area contributed by atoms with E-state index in [1.165, 1.54) is 11.3 Å². The summed E-state index contributed by atoms with van der Waals surface area (Å²) in [5, 5.41) is 6.16. The lowest BCUT2D eigenvalue weighted by Crippen LogP contribution is -2.34. The third-order valence-electron chi connectivity index (χ3n) is 4.75. The zero-order valence-electron chi connectivity index (χ0n) is 18.3. The van der Waals surface area contributed by atoms with Crippen LogP contribution in [0.1, 0.15) is 38.1 Å². The van der Waals surface area contributed by atoms with Gasteiger partial charge in [-0.05, 0) is 55.4 Å². The summed E-state index contributed by atoms with van der Waals surface area (Å²) in [6.07, 6.45) is 0.667. The highest BCUT2D eigenvalue weighted by Crippen LogP contribution is 2.33. The van der Waals surface area contributed by atoms with Gasteiger partial charge in [0.2, 0.25) is 0 Å². The van der Waals surface area contributed by atoms with Crippen LogP contribution in [0.2, 0.25) is 0 Å². The molecule has 0 fully saturated rings. The molecule has 0 aliphatic rings. The molecule has 0 aliphatic carbocycles. The smallest absolute Gasteiger partial charge is 0.261 e. The number of hydrogen-bond donors (Lipinski definition) is 3. The Kier molecular flexibility index (Phi) is 8.39. The van der Waals surface area contributed by atoms with E-state index in [-0.39, 0.29) is 11.7 Å². The van der Waals surface area contributed by atoms with E-state index >= 15 is 0 Å². The fourth-order valence-corrected chi connectivity index (χ4v) is 4.68. The molecule has 4 N–H and O–H groups in total. The van der Waals surface area contributed by atoms with Crippen LogP contribution in [0.15, 0.2) is 54.6 Å². The van der Waals surface area contributed by atoms with Crippen molar-refractivity contribution in [2.24, 2.45) is 5.73 Å². The summed E-state index contributed by atoms with van der Waals surface area (Å²) in [5.74, 6) is 0.183. The molecule has 9 heteroatoms. The number of primary amides is 1. The van der Waals surface area contributed by atoms with Crippen LogP contribution in [0.3, 0.4) is 0 Å². The summed E-state index contributed by atoms with van der Waals surface area (Å²) in [6, 6.07) is 16.3. The molecule has 0 unspecified atom stereocenters. The predicted octanol–water partition coefficient (Wildman–Crippen LogP) is 4.30. The van der Waals surface area contributed by atoms with Crippen molar-refractivity contribution in [3.05, 3.63) is 76.2 Å². The van der Waals surface area contributed by atoms with Crippen molar-refractivity contribution in [2.75, 3.05) is 18.5 Å². The Bertz CT molecular complexity index is 1150. The molecule has 1 heterocycles. The highest BCUT2D eigenvalue weighted by molar-refractivity contribution is 7.80. The normalized spacial score (nSPS) is 10.4. The molecule has 3 rings (SSSR count). The molecule has 0 bridgehead atoms. The molecule has 0 radical (unpaired) electrons. The van der Waals surface area contributed by atoms with Crippen molar-refractivity contribution in [3.63, 3.8) is 0 Å². The van der Waals surface area contributed by atoms with Gasteiger partial charge in [-0.3, -0.25) is 14.9 Å². The van der Waals surface area contributed by atoms with Crippen molar-refractivity contribution < 1.29 is 19.1 Å². The molecule has 0 spiro atoms. The molecule has 1 aromatic heterocycles. The predicted molar refractivity (Wildman–Crippen MR) is 135 cm³/mol. The number of para-hydroxylation sites is 2. The number of benzene rings is 2. The lowest BCUT2D eigenvalue weighted by atomic mass is 10.1. The number of rotatable bonds is 9. The van der Waals surface area contributed by atoms with Crippen molar-refractivity contribution in [2.45, 2.75) is 20.3 Å². The van der Waals surface area contributed by atoms with Gasteiger partial charge in [-0.25, -0.2) is 0 Å². The molecule has 172 valence electrons. The molecule has 7 nitrogen and oxygen atoms in total. The van der Waals surface area contributed by atoms with Gasteiger partial charge in [0.15, 0.2) is 5.11 Å². The van der Waals surface area contributed by atoms with Gasteiger partial charge in [-0.15, -0.1) is 11.3 Å². The number of ether oxygens (including phenoxy) is 2. The standard InChI is InChI=1S/C24H25N3O4S2/c1-3-17-15(2)33-23(20(17)21(25)28)27-24(32)26-22(29)18-11-7-8-12-19(18)31-14-13-30-16-9-5-4-6-10-16/h4-12H,3,13-14H2,1-2H3,(H2,25,28)(H2,26,27,29,32). The summed E-state index contributed by atoms with van der Waals surface area (Å²) in [6.45, 7) is 4.45. The molecule has 0 saturated heterocycles. The zero-order valence-corrected chi connectivity index (χ0v) is 20.0. The minimum atomic E-state index is -0.538. The third-order valence-corrected chi connectivity index (χ3v) is 6.01. The number of carbonyl (C=O) groups is 2. The first-order chi connectivity index (χ1) is 15.9. The number of anilines is 1. The summed E-state index contributed by atoms with van der Waals surface area (Å²) in [4.78, 5) is 25.7. The Labute approximate surface area is 201 Å². The summed E-state index contributed by atoms with van der Waals surface area (Å²) >= 11 is 6.67. The minimum Gasteiger partial charge on any atom is -0.490 e. The first-order valence-corrected chi connectivity index (χ1v) is 11.6. The van der Waals surface area contributed by atoms with E-state index < -0.39 is 11.8 Å². The molecule has 2 aromatic carbocycles. The zero-order chi connectivity index (χ0) is 23.8. The van der Waals surface area contributed by atoms with E-state index in [4.69, 9.17) is 27.4 Å². The van der Waals surface area contributed by atoms with Crippen LogP contribution in [0.25, 0.3) is 0 Å². The number of amides is 2. The Hall–Kier alpha value is -3.43. The number of nitrogens with two attached hydrogens (primary N) is 1. The first-order valence-electron chi connectivity index (χ1n) is 10.3. The van der Waals surface area contributed by atoms with Crippen molar-refractivity contribution in [1.82, 2.24) is 5.32 Å². The fourth-order valence-electron chi connectivity index (χ4n) is 3.27. The van der Waals surface area contributed by atoms with Crippen molar-refractivity contribution >= 4 is 45.5 Å².